The number of aromatic nitrogens is 4. The molecule has 2 heterocycles. The van der Waals surface area contributed by atoms with Crippen molar-refractivity contribution < 1.29 is 0 Å². The van der Waals surface area contributed by atoms with Gasteiger partial charge in [0.05, 0.1) is 0 Å². The highest BCUT2D eigenvalue weighted by Crippen LogP contribution is 2.22. The standard InChI is InChI=1S/C16H25N5/c1-13(2)16(15-5-4-7-17-9-15)10-19-14(3)6-8-21-12-18-11-20-21/h4-5,7,9,11-14,16,19H,6,8,10H2,1-3H3. The molecule has 0 bridgehead atoms. The fraction of sp³-hybridized carbons (Fsp3) is 0.562. The Morgan fingerprint density at radius 3 is 2.71 bits per heavy atom. The van der Waals surface area contributed by atoms with E-state index in [1.807, 2.05) is 23.1 Å². The van der Waals surface area contributed by atoms with Gasteiger partial charge in [-0.25, -0.2) is 4.98 Å². The van der Waals surface area contributed by atoms with Gasteiger partial charge >= 0.3 is 0 Å². The molecule has 2 atom stereocenters. The van der Waals surface area contributed by atoms with Gasteiger partial charge in [0.15, 0.2) is 0 Å². The van der Waals surface area contributed by atoms with Crippen LogP contribution in [0.5, 0.6) is 0 Å². The summed E-state index contributed by atoms with van der Waals surface area (Å²) in [6.45, 7) is 8.62. The van der Waals surface area contributed by atoms with Crippen LogP contribution in [0.4, 0.5) is 0 Å². The third-order valence-electron chi connectivity index (χ3n) is 3.86. The maximum absolute atomic E-state index is 4.24. The van der Waals surface area contributed by atoms with Crippen LogP contribution in [0.25, 0.3) is 0 Å². The van der Waals surface area contributed by atoms with Gasteiger partial charge in [0, 0.05) is 37.4 Å². The number of hydrogen-bond acceptors (Lipinski definition) is 4. The van der Waals surface area contributed by atoms with E-state index in [4.69, 9.17) is 0 Å². The molecule has 1 N–H and O–H groups in total. The van der Waals surface area contributed by atoms with Crippen molar-refractivity contribution in [1.29, 1.82) is 0 Å². The van der Waals surface area contributed by atoms with Crippen LogP contribution in [0.3, 0.4) is 0 Å². The maximum atomic E-state index is 4.24. The third-order valence-corrected chi connectivity index (χ3v) is 3.86. The highest BCUT2D eigenvalue weighted by Gasteiger charge is 2.16. The molecule has 2 unspecified atom stereocenters. The Morgan fingerprint density at radius 2 is 2.10 bits per heavy atom. The summed E-state index contributed by atoms with van der Waals surface area (Å²) in [4.78, 5) is 8.20. The summed E-state index contributed by atoms with van der Waals surface area (Å²) in [6, 6.07) is 4.63. The Labute approximate surface area is 126 Å². The van der Waals surface area contributed by atoms with Gasteiger partial charge in [-0.05, 0) is 30.9 Å². The van der Waals surface area contributed by atoms with Gasteiger partial charge in [-0.3, -0.25) is 9.67 Å². The largest absolute Gasteiger partial charge is 0.314 e. The molecule has 0 aliphatic rings. The summed E-state index contributed by atoms with van der Waals surface area (Å²) in [5.74, 6) is 1.08. The molecule has 0 amide bonds. The molecule has 0 aliphatic heterocycles. The molecule has 0 fully saturated rings. The molecular weight excluding hydrogens is 262 g/mol. The van der Waals surface area contributed by atoms with Crippen LogP contribution in [-0.4, -0.2) is 32.3 Å². The molecule has 0 radical (unpaired) electrons. The first-order valence-electron chi connectivity index (χ1n) is 7.62. The number of nitrogens with zero attached hydrogens (tertiary/aromatic N) is 4. The Balaban J connectivity index is 1.81. The van der Waals surface area contributed by atoms with E-state index < -0.39 is 0 Å². The van der Waals surface area contributed by atoms with Crippen LogP contribution in [0.1, 0.15) is 38.7 Å². The van der Waals surface area contributed by atoms with Crippen LogP contribution in [0, 0.1) is 5.92 Å². The fourth-order valence-electron chi connectivity index (χ4n) is 2.44. The molecule has 5 heteroatoms. The zero-order valence-electron chi connectivity index (χ0n) is 13.1. The Hall–Kier alpha value is -1.75. The lowest BCUT2D eigenvalue weighted by Gasteiger charge is -2.24. The van der Waals surface area contributed by atoms with Crippen molar-refractivity contribution >= 4 is 0 Å². The Morgan fingerprint density at radius 1 is 1.24 bits per heavy atom. The van der Waals surface area contributed by atoms with E-state index in [0.717, 1.165) is 19.5 Å². The van der Waals surface area contributed by atoms with Crippen LogP contribution >= 0.6 is 0 Å². The predicted octanol–water partition coefficient (Wildman–Crippen LogP) is 2.48. The second-order valence-electron chi connectivity index (χ2n) is 5.89. The van der Waals surface area contributed by atoms with Crippen molar-refractivity contribution in [3.8, 4) is 0 Å². The molecule has 21 heavy (non-hydrogen) atoms. The van der Waals surface area contributed by atoms with E-state index in [0.29, 0.717) is 17.9 Å². The second kappa shape index (κ2) is 7.88. The molecule has 2 aromatic rings. The lowest BCUT2D eigenvalue weighted by molar-refractivity contribution is 0.403. The van der Waals surface area contributed by atoms with Crippen molar-refractivity contribution in [3.63, 3.8) is 0 Å². The van der Waals surface area contributed by atoms with Gasteiger partial charge in [-0.15, -0.1) is 0 Å². The first kappa shape index (κ1) is 15.6. The summed E-state index contributed by atoms with van der Waals surface area (Å²) in [6.07, 6.45) is 8.19. The molecule has 0 saturated heterocycles. The average Bonchev–Trinajstić information content (AvgIpc) is 2.99. The van der Waals surface area contributed by atoms with Crippen LogP contribution in [0.15, 0.2) is 37.2 Å². The molecule has 0 spiro atoms. The van der Waals surface area contributed by atoms with E-state index in [2.05, 4.69) is 47.2 Å². The van der Waals surface area contributed by atoms with Gasteiger partial charge in [0.1, 0.15) is 12.7 Å². The van der Waals surface area contributed by atoms with Gasteiger partial charge < -0.3 is 5.32 Å². The minimum Gasteiger partial charge on any atom is -0.314 e. The number of aryl methyl sites for hydroxylation is 1. The number of pyridine rings is 1. The maximum Gasteiger partial charge on any atom is 0.137 e. The molecule has 0 saturated carbocycles. The van der Waals surface area contributed by atoms with Gasteiger partial charge in [-0.2, -0.15) is 5.10 Å². The minimum absolute atomic E-state index is 0.451. The summed E-state index contributed by atoms with van der Waals surface area (Å²) >= 11 is 0. The summed E-state index contributed by atoms with van der Waals surface area (Å²) in [5, 5.41) is 7.76. The van der Waals surface area contributed by atoms with Crippen LogP contribution < -0.4 is 5.32 Å². The molecule has 114 valence electrons. The summed E-state index contributed by atoms with van der Waals surface area (Å²) < 4.78 is 1.87. The Bertz CT molecular complexity index is 495. The van der Waals surface area contributed by atoms with Gasteiger partial charge in [0.25, 0.3) is 0 Å². The smallest absolute Gasteiger partial charge is 0.137 e. The molecule has 5 nitrogen and oxygen atoms in total. The predicted molar refractivity (Wildman–Crippen MR) is 83.9 cm³/mol. The SMILES string of the molecule is CC(CCn1cncn1)NCC(c1cccnc1)C(C)C. The molecule has 2 rings (SSSR count). The summed E-state index contributed by atoms with van der Waals surface area (Å²) in [7, 11) is 0. The van der Waals surface area contributed by atoms with Crippen molar-refractivity contribution in [2.45, 2.75) is 45.7 Å². The number of hydrogen-bond donors (Lipinski definition) is 1. The van der Waals surface area contributed by atoms with E-state index in [1.54, 1.807) is 12.7 Å². The first-order chi connectivity index (χ1) is 10.2. The molecule has 0 aromatic carbocycles. The van der Waals surface area contributed by atoms with Crippen molar-refractivity contribution in [3.05, 3.63) is 42.7 Å². The highest BCUT2D eigenvalue weighted by molar-refractivity contribution is 5.15. The molecular formula is C16H25N5. The third kappa shape index (κ3) is 4.93. The zero-order chi connectivity index (χ0) is 15.1. The van der Waals surface area contributed by atoms with E-state index in [-0.39, 0.29) is 0 Å². The highest BCUT2D eigenvalue weighted by atomic mass is 15.3. The Kier molecular flexibility index (Phi) is 5.87. The van der Waals surface area contributed by atoms with Crippen molar-refractivity contribution in [2.75, 3.05) is 6.54 Å². The number of nitrogens with one attached hydrogen (secondary N) is 1. The van der Waals surface area contributed by atoms with Crippen molar-refractivity contribution in [2.24, 2.45) is 5.92 Å². The van der Waals surface area contributed by atoms with Crippen LogP contribution in [0.2, 0.25) is 0 Å². The van der Waals surface area contributed by atoms with E-state index in [9.17, 15) is 0 Å². The lowest BCUT2D eigenvalue weighted by atomic mass is 9.89. The van der Waals surface area contributed by atoms with Crippen molar-refractivity contribution in [1.82, 2.24) is 25.1 Å². The zero-order valence-corrected chi connectivity index (χ0v) is 13.1. The number of rotatable bonds is 8. The van der Waals surface area contributed by atoms with Gasteiger partial charge in [0.2, 0.25) is 0 Å². The second-order valence-corrected chi connectivity index (χ2v) is 5.89. The van der Waals surface area contributed by atoms with E-state index >= 15 is 0 Å². The van der Waals surface area contributed by atoms with Gasteiger partial charge in [-0.1, -0.05) is 19.9 Å². The van der Waals surface area contributed by atoms with Crippen LogP contribution in [-0.2, 0) is 6.54 Å². The normalized spacial score (nSPS) is 14.3. The quantitative estimate of drug-likeness (QED) is 0.810. The minimum atomic E-state index is 0.451. The lowest BCUT2D eigenvalue weighted by Crippen LogP contribution is -2.33. The molecule has 0 aliphatic carbocycles. The van der Waals surface area contributed by atoms with E-state index in [1.165, 1.54) is 5.56 Å². The molecule has 2 aromatic heterocycles. The fourth-order valence-corrected chi connectivity index (χ4v) is 2.44. The summed E-state index contributed by atoms with van der Waals surface area (Å²) in [5.41, 5.74) is 1.31. The monoisotopic (exact) mass is 287 g/mol. The first-order valence-corrected chi connectivity index (χ1v) is 7.62. The topological polar surface area (TPSA) is 55.6 Å². The average molecular weight is 287 g/mol.